The summed E-state index contributed by atoms with van der Waals surface area (Å²) >= 11 is 0. The molecule has 1 aliphatic heterocycles. The fourth-order valence-electron chi connectivity index (χ4n) is 4.98. The number of nitrogens with zero attached hydrogens (tertiary/aromatic N) is 1. The summed E-state index contributed by atoms with van der Waals surface area (Å²) in [6.07, 6.45) is 0.671. The van der Waals surface area contributed by atoms with Crippen LogP contribution in [0, 0.1) is 6.92 Å². The Labute approximate surface area is 215 Å². The van der Waals surface area contributed by atoms with Crippen molar-refractivity contribution in [3.8, 4) is 11.3 Å². The van der Waals surface area contributed by atoms with Crippen molar-refractivity contribution >= 4 is 28.3 Å². The lowest BCUT2D eigenvalue weighted by Gasteiger charge is -2.26. The number of anilines is 1. The third kappa shape index (κ3) is 4.52. The normalized spacial score (nSPS) is 12.8. The maximum Gasteiger partial charge on any atom is 0.256 e. The highest BCUT2D eigenvalue weighted by Gasteiger charge is 2.25. The first-order valence-electron chi connectivity index (χ1n) is 12.4. The number of aryl methyl sites for hydroxylation is 1. The quantitative estimate of drug-likeness (QED) is 0.302. The van der Waals surface area contributed by atoms with Gasteiger partial charge in [0.15, 0.2) is 0 Å². The van der Waals surface area contributed by atoms with E-state index in [0.29, 0.717) is 36.3 Å². The van der Waals surface area contributed by atoms with Crippen molar-refractivity contribution in [3.05, 3.63) is 125 Å². The van der Waals surface area contributed by atoms with Gasteiger partial charge in [0, 0.05) is 47.5 Å². The average Bonchev–Trinajstić information content (AvgIpc) is 3.36. The van der Waals surface area contributed by atoms with Crippen LogP contribution in [-0.4, -0.2) is 23.3 Å². The first-order chi connectivity index (χ1) is 18.0. The third-order valence-electron chi connectivity index (χ3n) is 6.86. The lowest BCUT2D eigenvalue weighted by Crippen LogP contribution is -2.35. The van der Waals surface area contributed by atoms with Gasteiger partial charge in [-0.2, -0.15) is 0 Å². The van der Waals surface area contributed by atoms with E-state index >= 15 is 0 Å². The molecular weight excluding hydrogens is 460 g/mol. The van der Waals surface area contributed by atoms with Gasteiger partial charge >= 0.3 is 0 Å². The van der Waals surface area contributed by atoms with E-state index in [-0.39, 0.29) is 11.8 Å². The van der Waals surface area contributed by atoms with Gasteiger partial charge in [0.2, 0.25) is 0 Å². The molecule has 5 heteroatoms. The molecule has 0 fully saturated rings. The van der Waals surface area contributed by atoms with Gasteiger partial charge in [0.25, 0.3) is 11.8 Å². The number of rotatable bonds is 4. The Kier molecular flexibility index (Phi) is 5.81. The smallest absolute Gasteiger partial charge is 0.256 e. The molecule has 5 aromatic rings. The topological polar surface area (TPSA) is 62.6 Å². The van der Waals surface area contributed by atoms with Crippen molar-refractivity contribution in [1.29, 1.82) is 0 Å². The molecule has 0 atom stereocenters. The second-order valence-corrected chi connectivity index (χ2v) is 9.47. The molecule has 0 aliphatic carbocycles. The Bertz CT molecular complexity index is 1640. The summed E-state index contributed by atoms with van der Waals surface area (Å²) in [5.41, 5.74) is 5.01. The van der Waals surface area contributed by atoms with Crippen LogP contribution < -0.4 is 5.32 Å². The average molecular weight is 487 g/mol. The molecule has 182 valence electrons. The van der Waals surface area contributed by atoms with E-state index in [1.54, 1.807) is 0 Å². The van der Waals surface area contributed by atoms with Gasteiger partial charge in [-0.15, -0.1) is 0 Å². The minimum atomic E-state index is -0.155. The van der Waals surface area contributed by atoms with Gasteiger partial charge in [-0.1, -0.05) is 66.2 Å². The molecule has 0 spiro atoms. The van der Waals surface area contributed by atoms with Gasteiger partial charge in [-0.25, -0.2) is 0 Å². The van der Waals surface area contributed by atoms with E-state index in [0.717, 1.165) is 39.0 Å². The molecule has 5 nitrogen and oxygen atoms in total. The largest absolute Gasteiger partial charge is 0.461 e. The van der Waals surface area contributed by atoms with Crippen molar-refractivity contribution in [1.82, 2.24) is 4.90 Å². The minimum Gasteiger partial charge on any atom is -0.461 e. The Morgan fingerprint density at radius 3 is 2.57 bits per heavy atom. The van der Waals surface area contributed by atoms with Gasteiger partial charge < -0.3 is 14.6 Å². The van der Waals surface area contributed by atoms with Gasteiger partial charge in [-0.3, -0.25) is 9.59 Å². The monoisotopic (exact) mass is 486 g/mol. The van der Waals surface area contributed by atoms with Crippen LogP contribution in [-0.2, 0) is 13.0 Å². The molecule has 0 saturated carbocycles. The Morgan fingerprint density at radius 2 is 1.68 bits per heavy atom. The molecule has 0 bridgehead atoms. The molecule has 4 aromatic carbocycles. The predicted octanol–water partition coefficient (Wildman–Crippen LogP) is 6.86. The number of furan rings is 1. The SMILES string of the molecule is Cc1cccc(C(=O)N2CCc3oc(-c4cccc(NC(=O)c5cccc6ccccc56)c4)cc3C2)c1. The second-order valence-electron chi connectivity index (χ2n) is 9.47. The standard InChI is InChI=1S/C32H26N2O3/c1-21-7-4-11-24(17-21)32(36)34-16-15-29-25(20-34)19-30(37-29)23-10-5-12-26(18-23)33-31(35)28-14-6-9-22-8-2-3-13-27(22)28/h2-14,17-19H,15-16,20H2,1H3,(H,33,35). The molecular formula is C32H26N2O3. The van der Waals surface area contributed by atoms with E-state index in [9.17, 15) is 9.59 Å². The summed E-state index contributed by atoms with van der Waals surface area (Å²) in [6.45, 7) is 3.13. The molecule has 0 saturated heterocycles. The van der Waals surface area contributed by atoms with Crippen molar-refractivity contribution in [2.75, 3.05) is 11.9 Å². The maximum absolute atomic E-state index is 13.1. The first kappa shape index (κ1) is 22.8. The summed E-state index contributed by atoms with van der Waals surface area (Å²) in [5.74, 6) is 1.53. The molecule has 6 rings (SSSR count). The van der Waals surface area contributed by atoms with Crippen LogP contribution in [0.15, 0.2) is 101 Å². The molecule has 1 aromatic heterocycles. The van der Waals surface area contributed by atoms with Crippen LogP contribution >= 0.6 is 0 Å². The number of nitrogens with one attached hydrogen (secondary N) is 1. The van der Waals surface area contributed by atoms with Gasteiger partial charge in [-0.05, 0) is 54.1 Å². The van der Waals surface area contributed by atoms with E-state index < -0.39 is 0 Å². The summed E-state index contributed by atoms with van der Waals surface area (Å²) in [5, 5.41) is 4.98. The summed E-state index contributed by atoms with van der Waals surface area (Å²) in [4.78, 5) is 28.0. The molecule has 37 heavy (non-hydrogen) atoms. The van der Waals surface area contributed by atoms with E-state index in [4.69, 9.17) is 4.42 Å². The zero-order valence-electron chi connectivity index (χ0n) is 20.5. The number of hydrogen-bond acceptors (Lipinski definition) is 3. The summed E-state index contributed by atoms with van der Waals surface area (Å²) < 4.78 is 6.20. The van der Waals surface area contributed by atoms with Crippen molar-refractivity contribution in [3.63, 3.8) is 0 Å². The Hall–Kier alpha value is -4.64. The molecule has 1 N–H and O–H groups in total. The zero-order chi connectivity index (χ0) is 25.4. The molecule has 2 heterocycles. The summed E-state index contributed by atoms with van der Waals surface area (Å²) in [7, 11) is 0. The number of amides is 2. The van der Waals surface area contributed by atoms with Gasteiger partial charge in [0.1, 0.15) is 11.5 Å². The van der Waals surface area contributed by atoms with Crippen molar-refractivity contribution in [2.24, 2.45) is 0 Å². The van der Waals surface area contributed by atoms with Crippen LogP contribution in [0.4, 0.5) is 5.69 Å². The van der Waals surface area contributed by atoms with Gasteiger partial charge in [0.05, 0.1) is 0 Å². The highest BCUT2D eigenvalue weighted by Crippen LogP contribution is 2.31. The summed E-state index contributed by atoms with van der Waals surface area (Å²) in [6, 6.07) is 31.0. The van der Waals surface area contributed by atoms with Crippen LogP contribution in [0.3, 0.4) is 0 Å². The van der Waals surface area contributed by atoms with E-state index in [2.05, 4.69) is 5.32 Å². The number of hydrogen-bond donors (Lipinski definition) is 1. The fraction of sp³-hybridized carbons (Fsp3) is 0.125. The van der Waals surface area contributed by atoms with Crippen LogP contribution in [0.2, 0.25) is 0 Å². The zero-order valence-corrected chi connectivity index (χ0v) is 20.5. The van der Waals surface area contributed by atoms with Crippen LogP contribution in [0.25, 0.3) is 22.1 Å². The number of benzene rings is 4. The number of fused-ring (bicyclic) bond motifs is 2. The lowest BCUT2D eigenvalue weighted by molar-refractivity contribution is 0.0729. The highest BCUT2D eigenvalue weighted by molar-refractivity contribution is 6.13. The molecule has 2 amide bonds. The predicted molar refractivity (Wildman–Crippen MR) is 146 cm³/mol. The first-order valence-corrected chi connectivity index (χ1v) is 12.4. The maximum atomic E-state index is 13.1. The van der Waals surface area contributed by atoms with E-state index in [1.165, 1.54) is 0 Å². The highest BCUT2D eigenvalue weighted by atomic mass is 16.3. The van der Waals surface area contributed by atoms with Crippen molar-refractivity contribution < 1.29 is 14.0 Å². The fourth-order valence-corrected chi connectivity index (χ4v) is 4.98. The Morgan fingerprint density at radius 1 is 0.865 bits per heavy atom. The molecule has 0 unspecified atom stereocenters. The molecule has 1 aliphatic rings. The lowest BCUT2D eigenvalue weighted by atomic mass is 10.0. The second kappa shape index (κ2) is 9.43. The minimum absolute atomic E-state index is 0.0373. The van der Waals surface area contributed by atoms with E-state index in [1.807, 2.05) is 109 Å². The van der Waals surface area contributed by atoms with Crippen LogP contribution in [0.1, 0.15) is 37.6 Å². The third-order valence-corrected chi connectivity index (χ3v) is 6.86. The number of carbonyl (C=O) groups is 2. The van der Waals surface area contributed by atoms with Crippen LogP contribution in [0.5, 0.6) is 0 Å². The molecule has 0 radical (unpaired) electrons. The Balaban J connectivity index is 1.21. The van der Waals surface area contributed by atoms with Crippen molar-refractivity contribution in [2.45, 2.75) is 19.9 Å². The number of carbonyl (C=O) groups excluding carboxylic acids is 2.